The number of nitrogens with two attached hydrogens (primary N) is 1. The van der Waals surface area contributed by atoms with E-state index < -0.39 is 0 Å². The van der Waals surface area contributed by atoms with E-state index in [1.165, 1.54) is 6.42 Å². The van der Waals surface area contributed by atoms with Gasteiger partial charge in [-0.05, 0) is 6.42 Å². The normalized spacial score (nSPS) is 14.5. The van der Waals surface area contributed by atoms with Gasteiger partial charge in [0.1, 0.15) is 17.8 Å². The molecule has 1 saturated heterocycles. The van der Waals surface area contributed by atoms with Gasteiger partial charge in [0.2, 0.25) is 5.95 Å². The zero-order valence-corrected chi connectivity index (χ0v) is 10.7. The molecule has 3 aromatic heterocycles. The summed E-state index contributed by atoms with van der Waals surface area (Å²) in [5.41, 5.74) is 8.27. The quantitative estimate of drug-likeness (QED) is 0.724. The lowest BCUT2D eigenvalue weighted by molar-refractivity contribution is 0.611. The number of aromatic amines is 1. The number of fused-ring (bicyclic) bond motifs is 1. The third-order valence-corrected chi connectivity index (χ3v) is 3.59. The summed E-state index contributed by atoms with van der Waals surface area (Å²) in [6.45, 7) is 2.07. The third-order valence-electron chi connectivity index (χ3n) is 3.59. The van der Waals surface area contributed by atoms with Crippen LogP contribution in [0.2, 0.25) is 0 Å². The molecule has 100 valence electrons. The molecule has 0 unspecified atom stereocenters. The van der Waals surface area contributed by atoms with Crippen molar-refractivity contribution < 1.29 is 0 Å². The molecule has 20 heavy (non-hydrogen) atoms. The van der Waals surface area contributed by atoms with Crippen molar-refractivity contribution in [3.63, 3.8) is 0 Å². The van der Waals surface area contributed by atoms with E-state index in [4.69, 9.17) is 5.73 Å². The van der Waals surface area contributed by atoms with Crippen LogP contribution in [0, 0.1) is 0 Å². The first-order valence-corrected chi connectivity index (χ1v) is 6.48. The summed E-state index contributed by atoms with van der Waals surface area (Å²) in [6.07, 6.45) is 8.15. The fourth-order valence-electron chi connectivity index (χ4n) is 2.42. The Kier molecular flexibility index (Phi) is 2.32. The molecular weight excluding hydrogens is 254 g/mol. The van der Waals surface area contributed by atoms with Gasteiger partial charge >= 0.3 is 0 Å². The highest BCUT2D eigenvalue weighted by Crippen LogP contribution is 2.34. The van der Waals surface area contributed by atoms with E-state index in [0.29, 0.717) is 0 Å². The molecular formula is C13H13N7. The Labute approximate surface area is 114 Å². The number of nitrogen functional groups attached to an aromatic ring is 1. The van der Waals surface area contributed by atoms with E-state index in [-0.39, 0.29) is 5.95 Å². The zero-order chi connectivity index (χ0) is 13.5. The largest absolute Gasteiger partial charge is 0.368 e. The molecule has 7 heteroatoms. The molecule has 0 bridgehead atoms. The van der Waals surface area contributed by atoms with E-state index in [0.717, 1.165) is 41.1 Å². The Hall–Kier alpha value is -2.70. The van der Waals surface area contributed by atoms with Crippen molar-refractivity contribution in [3.8, 4) is 11.1 Å². The lowest BCUT2D eigenvalue weighted by Crippen LogP contribution is -2.37. The van der Waals surface area contributed by atoms with E-state index in [9.17, 15) is 0 Å². The minimum Gasteiger partial charge on any atom is -0.368 e. The van der Waals surface area contributed by atoms with Crippen molar-refractivity contribution in [2.24, 2.45) is 0 Å². The molecule has 1 aliphatic heterocycles. The van der Waals surface area contributed by atoms with Gasteiger partial charge in [0.15, 0.2) is 0 Å². The van der Waals surface area contributed by atoms with Crippen molar-refractivity contribution in [3.05, 3.63) is 24.9 Å². The minimum absolute atomic E-state index is 0.271. The van der Waals surface area contributed by atoms with Gasteiger partial charge < -0.3 is 15.6 Å². The molecule has 0 saturated carbocycles. The van der Waals surface area contributed by atoms with Crippen molar-refractivity contribution in [2.75, 3.05) is 23.7 Å². The van der Waals surface area contributed by atoms with Gasteiger partial charge in [-0.2, -0.15) is 0 Å². The number of hydrogen-bond acceptors (Lipinski definition) is 6. The lowest BCUT2D eigenvalue weighted by atomic mass is 10.1. The minimum atomic E-state index is 0.271. The molecule has 4 heterocycles. The van der Waals surface area contributed by atoms with Gasteiger partial charge in [-0.15, -0.1) is 0 Å². The maximum Gasteiger partial charge on any atom is 0.219 e. The van der Waals surface area contributed by atoms with E-state index in [2.05, 4.69) is 29.8 Å². The summed E-state index contributed by atoms with van der Waals surface area (Å²) in [5.74, 6) is 1.24. The average Bonchev–Trinajstić information content (AvgIpc) is 2.83. The lowest BCUT2D eigenvalue weighted by Gasteiger charge is -2.32. The Bertz CT molecular complexity index is 758. The Balaban J connectivity index is 1.93. The van der Waals surface area contributed by atoms with Crippen LogP contribution in [-0.4, -0.2) is 38.0 Å². The maximum absolute atomic E-state index is 5.54. The van der Waals surface area contributed by atoms with Gasteiger partial charge in [0.25, 0.3) is 0 Å². The molecule has 3 aromatic rings. The fraction of sp³-hybridized carbons (Fsp3) is 0.231. The van der Waals surface area contributed by atoms with Crippen LogP contribution in [0.25, 0.3) is 22.2 Å². The molecule has 0 aromatic carbocycles. The Morgan fingerprint density at radius 3 is 2.60 bits per heavy atom. The van der Waals surface area contributed by atoms with E-state index >= 15 is 0 Å². The second-order valence-corrected chi connectivity index (χ2v) is 4.79. The number of nitrogens with zero attached hydrogens (tertiary/aromatic N) is 5. The van der Waals surface area contributed by atoms with Crippen LogP contribution in [0.4, 0.5) is 11.8 Å². The molecule has 4 rings (SSSR count). The topological polar surface area (TPSA) is 96.6 Å². The summed E-state index contributed by atoms with van der Waals surface area (Å²) >= 11 is 0. The first kappa shape index (κ1) is 11.2. The molecule has 0 amide bonds. The second kappa shape index (κ2) is 4.16. The van der Waals surface area contributed by atoms with Gasteiger partial charge in [-0.25, -0.2) is 19.9 Å². The molecule has 0 atom stereocenters. The first-order chi connectivity index (χ1) is 9.83. The first-order valence-electron chi connectivity index (χ1n) is 6.48. The average molecular weight is 267 g/mol. The SMILES string of the molecule is Nc1ncc(-c2c[nH]c3ncnc(N4CCC4)c23)cn1. The van der Waals surface area contributed by atoms with Crippen molar-refractivity contribution >= 4 is 22.8 Å². The van der Waals surface area contributed by atoms with Crippen molar-refractivity contribution in [2.45, 2.75) is 6.42 Å². The van der Waals surface area contributed by atoms with Crippen molar-refractivity contribution in [1.29, 1.82) is 0 Å². The standard InChI is InChI=1S/C13H13N7/c14-13-16-4-8(5-17-13)9-6-15-11-10(9)12(19-7-18-11)20-2-1-3-20/h4-7H,1-3H2,(H2,14,16,17)(H,15,18,19). The van der Waals surface area contributed by atoms with Crippen LogP contribution in [0.3, 0.4) is 0 Å². The molecule has 7 nitrogen and oxygen atoms in total. The third kappa shape index (κ3) is 1.59. The predicted molar refractivity (Wildman–Crippen MR) is 76.2 cm³/mol. The zero-order valence-electron chi connectivity index (χ0n) is 10.7. The van der Waals surface area contributed by atoms with Gasteiger partial charge in [-0.1, -0.05) is 0 Å². The number of nitrogens with one attached hydrogen (secondary N) is 1. The van der Waals surface area contributed by atoms with E-state index in [1.807, 2.05) is 6.20 Å². The van der Waals surface area contributed by atoms with Gasteiger partial charge in [-0.3, -0.25) is 0 Å². The number of anilines is 2. The van der Waals surface area contributed by atoms with E-state index in [1.54, 1.807) is 18.7 Å². The molecule has 1 fully saturated rings. The van der Waals surface area contributed by atoms with Crippen LogP contribution < -0.4 is 10.6 Å². The van der Waals surface area contributed by atoms with Crippen LogP contribution >= 0.6 is 0 Å². The molecule has 0 spiro atoms. The smallest absolute Gasteiger partial charge is 0.219 e. The summed E-state index contributed by atoms with van der Waals surface area (Å²) in [6, 6.07) is 0. The number of aromatic nitrogens is 5. The van der Waals surface area contributed by atoms with Crippen LogP contribution in [0.5, 0.6) is 0 Å². The van der Waals surface area contributed by atoms with Crippen LogP contribution in [0.15, 0.2) is 24.9 Å². The summed E-state index contributed by atoms with van der Waals surface area (Å²) in [5, 5.41) is 1.01. The van der Waals surface area contributed by atoms with Crippen molar-refractivity contribution in [1.82, 2.24) is 24.9 Å². The number of rotatable bonds is 2. The number of hydrogen-bond donors (Lipinski definition) is 2. The number of H-pyrrole nitrogens is 1. The molecule has 1 aliphatic rings. The van der Waals surface area contributed by atoms with Crippen LogP contribution in [-0.2, 0) is 0 Å². The highest BCUT2D eigenvalue weighted by molar-refractivity contribution is 6.01. The Morgan fingerprint density at radius 2 is 1.90 bits per heavy atom. The molecule has 0 aliphatic carbocycles. The fourth-order valence-corrected chi connectivity index (χ4v) is 2.42. The molecule has 0 radical (unpaired) electrons. The highest BCUT2D eigenvalue weighted by Gasteiger charge is 2.21. The predicted octanol–water partition coefficient (Wildman–Crippen LogP) is 1.21. The van der Waals surface area contributed by atoms with Crippen LogP contribution in [0.1, 0.15) is 6.42 Å². The van der Waals surface area contributed by atoms with Gasteiger partial charge in [0, 0.05) is 42.8 Å². The summed E-state index contributed by atoms with van der Waals surface area (Å²) in [7, 11) is 0. The monoisotopic (exact) mass is 267 g/mol. The Morgan fingerprint density at radius 1 is 1.10 bits per heavy atom. The van der Waals surface area contributed by atoms with Gasteiger partial charge in [0.05, 0.1) is 5.39 Å². The summed E-state index contributed by atoms with van der Waals surface area (Å²) in [4.78, 5) is 22.2. The maximum atomic E-state index is 5.54. The highest BCUT2D eigenvalue weighted by atomic mass is 15.2. The molecule has 3 N–H and O–H groups in total. The second-order valence-electron chi connectivity index (χ2n) is 4.79. The summed E-state index contributed by atoms with van der Waals surface area (Å²) < 4.78 is 0.